The lowest BCUT2D eigenvalue weighted by Crippen LogP contribution is -2.50. The number of amides is 7. The number of benzene rings is 2. The Morgan fingerprint density at radius 1 is 0.644 bits per heavy atom. The van der Waals surface area contributed by atoms with Crippen LogP contribution in [-0.2, 0) is 76.4 Å². The number of aliphatic carboxylic acids is 1. The molecule has 4 aliphatic heterocycles. The Morgan fingerprint density at radius 2 is 1.07 bits per heavy atom. The van der Waals surface area contributed by atoms with Gasteiger partial charge in [0.15, 0.2) is 11.6 Å². The second kappa shape index (κ2) is 46.2. The molecule has 2 aromatic heterocycles. The summed E-state index contributed by atoms with van der Waals surface area (Å²) in [6.07, 6.45) is 7.96. The minimum Gasteiger partial charge on any atom is -0.478 e. The molecule has 0 aliphatic carbocycles. The van der Waals surface area contributed by atoms with Gasteiger partial charge in [0, 0.05) is 68.5 Å². The number of alkyl halides is 1. The van der Waals surface area contributed by atoms with Crippen LogP contribution in [-0.4, -0.2) is 238 Å². The van der Waals surface area contributed by atoms with Crippen molar-refractivity contribution >= 4 is 87.6 Å². The molecule has 0 unspecified atom stereocenters. The number of methoxy groups -OCH3 is 1. The summed E-state index contributed by atoms with van der Waals surface area (Å²) in [7, 11) is 1.35. The molecule has 4 saturated heterocycles. The number of esters is 2. The largest absolute Gasteiger partial charge is 0.478 e. The molecule has 0 bridgehead atoms. The molecule has 8 rings (SSSR count). The Bertz CT molecular complexity index is 2920. The SMILES string of the molecule is CCO.CCOC(=O)CN1CCOCC1=O.COC(=O)CBr.Cc1cc(C)cc(-c2ncn(/C=C\C(=O)NNC(=O)CN3CCOCC3=O)n2)c1.Cc1cc(C)cc(-c2ncn(/C=C\C(=O)O)n2)c1.NN.NNC(=O)CN1CCOCC1=O.O=C1COCCN1. The molecule has 0 spiro atoms. The number of ether oxygens (including phenoxy) is 6. The van der Waals surface area contributed by atoms with Gasteiger partial charge in [-0.3, -0.25) is 71.1 Å². The van der Waals surface area contributed by atoms with Crippen LogP contribution < -0.4 is 39.1 Å². The van der Waals surface area contributed by atoms with E-state index >= 15 is 0 Å². The summed E-state index contributed by atoms with van der Waals surface area (Å²) >= 11 is 2.90. The molecule has 34 nitrogen and oxygen atoms in total. The molecule has 2 aromatic carbocycles. The van der Waals surface area contributed by atoms with Crippen LogP contribution in [0.4, 0.5) is 0 Å². The van der Waals surface area contributed by atoms with Gasteiger partial charge >= 0.3 is 17.9 Å². The Kier molecular flexibility index (Phi) is 40.6. The topological polar surface area (TPSA) is 464 Å². The molecule has 4 aromatic rings. The van der Waals surface area contributed by atoms with Crippen molar-refractivity contribution in [2.45, 2.75) is 41.5 Å². The van der Waals surface area contributed by atoms with E-state index in [1.165, 1.54) is 62.3 Å². The van der Waals surface area contributed by atoms with Gasteiger partial charge in [-0.05, 0) is 65.8 Å². The van der Waals surface area contributed by atoms with Crippen molar-refractivity contribution in [2.24, 2.45) is 17.5 Å². The number of halogens is 1. The highest BCUT2D eigenvalue weighted by Crippen LogP contribution is 2.19. The van der Waals surface area contributed by atoms with Crippen LogP contribution in [0.1, 0.15) is 36.1 Å². The Morgan fingerprint density at radius 3 is 1.41 bits per heavy atom. The summed E-state index contributed by atoms with van der Waals surface area (Å²) in [5.41, 5.74) is 12.8. The molecule has 6 heterocycles. The number of hydrazine groups is 3. The summed E-state index contributed by atoms with van der Waals surface area (Å²) in [5, 5.41) is 27.5. The van der Waals surface area contributed by atoms with Crippen molar-refractivity contribution in [1.29, 1.82) is 0 Å². The average molecular weight is 1330 g/mol. The molecule has 0 atom stereocenters. The van der Waals surface area contributed by atoms with E-state index in [0.717, 1.165) is 39.5 Å². The standard InChI is InChI=1S/C19H22N6O4.C13H13N3O2.C8H13NO4.C6H11N3O3.C4H7NO2.C3H5BrO2.C2H6O.H4N2/c1-13-7-14(2)9-15(8-13)19-20-12-25(23-19)4-3-16(26)21-22-17(27)10-24-5-6-29-11-18(24)28;1-9-5-10(2)7-11(6-9)13-14-8-16(15-13)4-3-12(17)18;1-2-13-8(11)5-9-3-4-12-6-7(9)10;7-8-5(10)3-9-1-2-12-4-6(9)11;6-4-3-7-2-1-5-4;1-6-3(5)2-4;1-2-3;1-2/h3-4,7-9,12H,5-6,10-11H2,1-2H3,(H,21,26)(H,22,27);3-8H,1-2H3,(H,17,18);2-6H2,1H3;1-4,7H2,(H,8,10);1-3H2,(H,5,6);2H2,1H3;3H,2H2,1H3;1-2H2/b2*4-3-;;;;;;. The fraction of sp³-hybridized carbons (Fsp3) is 0.455. The lowest BCUT2D eigenvalue weighted by molar-refractivity contribution is -0.154. The molecular formula is C55H81BrN16O18. The van der Waals surface area contributed by atoms with Crippen LogP contribution in [0.2, 0.25) is 0 Å². The van der Waals surface area contributed by atoms with Crippen LogP contribution in [0.3, 0.4) is 0 Å². The zero-order chi connectivity index (χ0) is 67.4. The van der Waals surface area contributed by atoms with E-state index < -0.39 is 17.8 Å². The van der Waals surface area contributed by atoms with Gasteiger partial charge in [-0.2, -0.15) is 0 Å². The number of carboxylic acid groups (broad SMARTS) is 1. The number of nitrogens with one attached hydrogen (secondary N) is 4. The molecule has 4 fully saturated rings. The summed E-state index contributed by atoms with van der Waals surface area (Å²) in [6.45, 7) is 16.2. The van der Waals surface area contributed by atoms with Gasteiger partial charge in [0.2, 0.25) is 23.6 Å². The molecule has 7 amide bonds. The van der Waals surface area contributed by atoms with Crippen LogP contribution in [0.5, 0.6) is 0 Å². The molecule has 0 saturated carbocycles. The number of nitrogens with zero attached hydrogens (tertiary/aromatic N) is 9. The minimum absolute atomic E-state index is 0.00810. The number of carbonyl (C=O) groups excluding carboxylic acids is 9. The molecule has 35 heteroatoms. The predicted octanol–water partition coefficient (Wildman–Crippen LogP) is -2.10. The first kappa shape index (κ1) is 79.1. The van der Waals surface area contributed by atoms with Gasteiger partial charge in [0.05, 0.1) is 40.1 Å². The number of rotatable bonds is 14. The molecule has 496 valence electrons. The Labute approximate surface area is 527 Å². The number of hydrogen-bond acceptors (Lipinski definition) is 24. The van der Waals surface area contributed by atoms with Crippen molar-refractivity contribution in [2.75, 3.05) is 124 Å². The van der Waals surface area contributed by atoms with E-state index in [0.29, 0.717) is 70.9 Å². The van der Waals surface area contributed by atoms with Crippen molar-refractivity contribution in [3.05, 3.63) is 83.5 Å². The number of hydrogen-bond donors (Lipinski definition) is 9. The third-order valence-corrected chi connectivity index (χ3v) is 11.4. The van der Waals surface area contributed by atoms with E-state index in [4.69, 9.17) is 39.7 Å². The highest BCUT2D eigenvalue weighted by molar-refractivity contribution is 9.09. The molecule has 12 N–H and O–H groups in total. The van der Waals surface area contributed by atoms with Gasteiger partial charge in [0.25, 0.3) is 17.7 Å². The maximum atomic E-state index is 11.9. The number of aromatic nitrogens is 6. The first-order valence-electron chi connectivity index (χ1n) is 27.4. The Hall–Kier alpha value is -8.94. The summed E-state index contributed by atoms with van der Waals surface area (Å²) in [4.78, 5) is 122. The molecule has 4 aliphatic rings. The van der Waals surface area contributed by atoms with Crippen LogP contribution in [0, 0.1) is 27.7 Å². The summed E-state index contributed by atoms with van der Waals surface area (Å²) < 4.78 is 31.3. The normalized spacial score (nSPS) is 14.1. The highest BCUT2D eigenvalue weighted by Gasteiger charge is 2.23. The van der Waals surface area contributed by atoms with Crippen LogP contribution in [0.15, 0.2) is 61.2 Å². The minimum atomic E-state index is -1.02. The maximum absolute atomic E-state index is 11.9. The van der Waals surface area contributed by atoms with E-state index in [9.17, 15) is 47.9 Å². The zero-order valence-electron chi connectivity index (χ0n) is 51.2. The first-order chi connectivity index (χ1) is 43.0. The summed E-state index contributed by atoms with van der Waals surface area (Å²) in [6, 6.07) is 12.1. The second-order valence-electron chi connectivity index (χ2n) is 18.3. The van der Waals surface area contributed by atoms with Crippen molar-refractivity contribution in [3.8, 4) is 22.8 Å². The number of nitrogens with two attached hydrogens (primary N) is 3. The Balaban J connectivity index is 0.000000573. The lowest BCUT2D eigenvalue weighted by atomic mass is 10.1. The number of morpholine rings is 4. The van der Waals surface area contributed by atoms with Gasteiger partial charge in [-0.25, -0.2) is 30.0 Å². The van der Waals surface area contributed by atoms with Crippen molar-refractivity contribution in [1.82, 2.24) is 65.8 Å². The monoisotopic (exact) mass is 1330 g/mol. The second-order valence-corrected chi connectivity index (χ2v) is 18.8. The summed E-state index contributed by atoms with van der Waals surface area (Å²) in [5.74, 6) is 10.4. The number of aliphatic hydroxyl groups is 1. The van der Waals surface area contributed by atoms with Gasteiger partial charge in [-0.1, -0.05) is 50.3 Å². The quantitative estimate of drug-likeness (QED) is 0.0163. The van der Waals surface area contributed by atoms with Crippen molar-refractivity contribution < 1.29 is 86.6 Å². The van der Waals surface area contributed by atoms with Crippen molar-refractivity contribution in [3.63, 3.8) is 0 Å². The smallest absolute Gasteiger partial charge is 0.329 e. The molecular weight excluding hydrogens is 1250 g/mol. The number of aryl methyl sites for hydroxylation is 4. The average Bonchev–Trinajstić information content (AvgIpc) is 2.54. The van der Waals surface area contributed by atoms with E-state index in [-0.39, 0.29) is 99.5 Å². The van der Waals surface area contributed by atoms with E-state index in [1.54, 1.807) is 13.8 Å². The van der Waals surface area contributed by atoms with E-state index in [1.807, 2.05) is 57.4 Å². The third-order valence-electron chi connectivity index (χ3n) is 10.9. The lowest BCUT2D eigenvalue weighted by Gasteiger charge is -2.25. The first-order valence-corrected chi connectivity index (χ1v) is 28.5. The van der Waals surface area contributed by atoms with Gasteiger partial charge in [-0.15, -0.1) is 10.2 Å². The molecule has 90 heavy (non-hydrogen) atoms. The number of aliphatic hydroxyl groups excluding tert-OH is 1. The van der Waals surface area contributed by atoms with Crippen LogP contribution in [0.25, 0.3) is 35.2 Å². The molecule has 0 radical (unpaired) electrons. The van der Waals surface area contributed by atoms with Gasteiger partial charge < -0.3 is 58.7 Å². The zero-order valence-corrected chi connectivity index (χ0v) is 52.8. The fourth-order valence-corrected chi connectivity index (χ4v) is 7.33. The highest BCUT2D eigenvalue weighted by atomic mass is 79.9. The van der Waals surface area contributed by atoms with Gasteiger partial charge in [0.1, 0.15) is 64.0 Å². The maximum Gasteiger partial charge on any atom is 0.329 e. The van der Waals surface area contributed by atoms with Crippen LogP contribution >= 0.6 is 15.9 Å². The predicted molar refractivity (Wildman–Crippen MR) is 326 cm³/mol. The third kappa shape index (κ3) is 34.6. The number of carbonyl (C=O) groups is 10. The van der Waals surface area contributed by atoms with E-state index in [2.05, 4.69) is 80.8 Å². The number of carboxylic acids is 1. The fourth-order valence-electron chi connectivity index (χ4n) is 7.10.